The molecule has 1 fully saturated rings. The van der Waals surface area contributed by atoms with Crippen LogP contribution in [0.5, 0.6) is 11.5 Å². The van der Waals surface area contributed by atoms with Gasteiger partial charge in [0.1, 0.15) is 17.6 Å². The topological polar surface area (TPSA) is 54.3 Å². The van der Waals surface area contributed by atoms with Crippen LogP contribution in [0.2, 0.25) is 0 Å². The van der Waals surface area contributed by atoms with Crippen LogP contribution < -0.4 is 14.8 Å². The smallest absolute Gasteiger partial charge is 0.124 e. The Bertz CT molecular complexity index is 420. The summed E-state index contributed by atoms with van der Waals surface area (Å²) in [7, 11) is 1.59. The second-order valence-electron chi connectivity index (χ2n) is 4.10. The summed E-state index contributed by atoms with van der Waals surface area (Å²) in [5, 5.41) is 12.2. The van der Waals surface area contributed by atoms with E-state index in [4.69, 9.17) is 14.7 Å². The van der Waals surface area contributed by atoms with Crippen LogP contribution in [-0.4, -0.2) is 26.3 Å². The summed E-state index contributed by atoms with van der Waals surface area (Å²) in [5.41, 5.74) is 0.558. The van der Waals surface area contributed by atoms with Crippen LogP contribution in [0.3, 0.4) is 0 Å². The lowest BCUT2D eigenvalue weighted by molar-refractivity contribution is 0.166. The summed E-state index contributed by atoms with van der Waals surface area (Å²) in [6.07, 6.45) is 2.36. The molecule has 0 aliphatic carbocycles. The number of nitrogens with zero attached hydrogens (tertiary/aromatic N) is 1. The number of piperidine rings is 1. The molecule has 0 amide bonds. The number of nitriles is 1. The monoisotopic (exact) mass is 232 g/mol. The molecule has 90 valence electrons. The minimum absolute atomic E-state index is 0.183. The highest BCUT2D eigenvalue weighted by molar-refractivity contribution is 5.43. The van der Waals surface area contributed by atoms with E-state index in [2.05, 4.69) is 11.4 Å². The third kappa shape index (κ3) is 3.11. The van der Waals surface area contributed by atoms with Crippen LogP contribution in [-0.2, 0) is 0 Å². The molecule has 0 bridgehead atoms. The van der Waals surface area contributed by atoms with Crippen LogP contribution >= 0.6 is 0 Å². The van der Waals surface area contributed by atoms with Crippen molar-refractivity contribution in [2.75, 3.05) is 20.2 Å². The van der Waals surface area contributed by atoms with Crippen LogP contribution in [0.4, 0.5) is 0 Å². The standard InChI is InChI=1S/C13H16N2O2/c1-16-12-5-10(8-14)6-13(7-12)17-11-3-2-4-15-9-11/h5-7,11,15H,2-4,9H2,1H3. The molecular formula is C13H16N2O2. The summed E-state index contributed by atoms with van der Waals surface area (Å²) in [6, 6.07) is 7.37. The van der Waals surface area contributed by atoms with E-state index in [0.717, 1.165) is 25.9 Å². The van der Waals surface area contributed by atoms with Crippen molar-refractivity contribution in [3.8, 4) is 17.6 Å². The zero-order valence-electron chi connectivity index (χ0n) is 9.90. The number of nitrogens with one attached hydrogen (secondary N) is 1. The van der Waals surface area contributed by atoms with Gasteiger partial charge in [0, 0.05) is 12.6 Å². The molecule has 1 aliphatic heterocycles. The molecular weight excluding hydrogens is 216 g/mol. The summed E-state index contributed by atoms with van der Waals surface area (Å²) in [4.78, 5) is 0. The molecule has 1 saturated heterocycles. The Morgan fingerprint density at radius 1 is 1.35 bits per heavy atom. The van der Waals surface area contributed by atoms with Crippen LogP contribution in [0.15, 0.2) is 18.2 Å². The molecule has 4 nitrogen and oxygen atoms in total. The highest BCUT2D eigenvalue weighted by Crippen LogP contribution is 2.24. The van der Waals surface area contributed by atoms with Gasteiger partial charge in [-0.15, -0.1) is 0 Å². The maximum atomic E-state index is 8.91. The van der Waals surface area contributed by atoms with Gasteiger partial charge in [-0.05, 0) is 31.5 Å². The van der Waals surface area contributed by atoms with Gasteiger partial charge >= 0.3 is 0 Å². The maximum absolute atomic E-state index is 8.91. The molecule has 1 aromatic carbocycles. The number of hydrogen-bond acceptors (Lipinski definition) is 4. The van der Waals surface area contributed by atoms with E-state index in [1.807, 2.05) is 6.07 Å². The first kappa shape index (κ1) is 11.7. The van der Waals surface area contributed by atoms with Crippen molar-refractivity contribution in [2.24, 2.45) is 0 Å². The molecule has 1 atom stereocenters. The van der Waals surface area contributed by atoms with Gasteiger partial charge in [-0.2, -0.15) is 5.26 Å². The Labute approximate surface area is 101 Å². The average molecular weight is 232 g/mol. The molecule has 17 heavy (non-hydrogen) atoms. The van der Waals surface area contributed by atoms with Crippen LogP contribution in [0.1, 0.15) is 18.4 Å². The molecule has 0 spiro atoms. The SMILES string of the molecule is COc1cc(C#N)cc(OC2CCCNC2)c1. The number of rotatable bonds is 3. The summed E-state index contributed by atoms with van der Waals surface area (Å²) in [6.45, 7) is 1.92. The first-order valence-electron chi connectivity index (χ1n) is 5.78. The van der Waals surface area contributed by atoms with Crippen molar-refractivity contribution in [2.45, 2.75) is 18.9 Å². The lowest BCUT2D eigenvalue weighted by Gasteiger charge is -2.24. The number of ether oxygens (including phenoxy) is 2. The van der Waals surface area contributed by atoms with Gasteiger partial charge in [0.2, 0.25) is 0 Å². The summed E-state index contributed by atoms with van der Waals surface area (Å²) >= 11 is 0. The molecule has 0 aromatic heterocycles. The lowest BCUT2D eigenvalue weighted by Crippen LogP contribution is -2.37. The normalized spacial score (nSPS) is 19.4. The van der Waals surface area contributed by atoms with Crippen molar-refractivity contribution in [3.63, 3.8) is 0 Å². The molecule has 0 saturated carbocycles. The molecule has 1 aromatic rings. The Balaban J connectivity index is 2.11. The zero-order valence-corrected chi connectivity index (χ0v) is 9.90. The Kier molecular flexibility index (Phi) is 3.84. The number of methoxy groups -OCH3 is 1. The Hall–Kier alpha value is -1.73. The maximum Gasteiger partial charge on any atom is 0.124 e. The summed E-state index contributed by atoms with van der Waals surface area (Å²) in [5.74, 6) is 1.36. The van der Waals surface area contributed by atoms with E-state index < -0.39 is 0 Å². The van der Waals surface area contributed by atoms with E-state index in [1.54, 1.807) is 19.2 Å². The van der Waals surface area contributed by atoms with Crippen molar-refractivity contribution in [1.82, 2.24) is 5.32 Å². The molecule has 0 radical (unpaired) electrons. The fourth-order valence-electron chi connectivity index (χ4n) is 1.94. The van der Waals surface area contributed by atoms with Gasteiger partial charge in [-0.3, -0.25) is 0 Å². The molecule has 1 unspecified atom stereocenters. The van der Waals surface area contributed by atoms with Gasteiger partial charge in [0.25, 0.3) is 0 Å². The minimum Gasteiger partial charge on any atom is -0.497 e. The zero-order chi connectivity index (χ0) is 12.1. The Morgan fingerprint density at radius 3 is 2.82 bits per heavy atom. The van der Waals surface area contributed by atoms with Crippen LogP contribution in [0, 0.1) is 11.3 Å². The van der Waals surface area contributed by atoms with Gasteiger partial charge < -0.3 is 14.8 Å². The second kappa shape index (κ2) is 5.55. The number of hydrogen-bond donors (Lipinski definition) is 1. The third-order valence-corrected chi connectivity index (χ3v) is 2.80. The molecule has 1 aliphatic rings. The van der Waals surface area contributed by atoms with E-state index in [0.29, 0.717) is 17.1 Å². The highest BCUT2D eigenvalue weighted by atomic mass is 16.5. The van der Waals surface area contributed by atoms with Gasteiger partial charge in [-0.1, -0.05) is 0 Å². The fourth-order valence-corrected chi connectivity index (χ4v) is 1.94. The second-order valence-corrected chi connectivity index (χ2v) is 4.10. The first-order valence-corrected chi connectivity index (χ1v) is 5.78. The molecule has 1 heterocycles. The van der Waals surface area contributed by atoms with Crippen molar-refractivity contribution < 1.29 is 9.47 Å². The first-order chi connectivity index (χ1) is 8.31. The fraction of sp³-hybridized carbons (Fsp3) is 0.462. The van der Waals surface area contributed by atoms with E-state index >= 15 is 0 Å². The molecule has 1 N–H and O–H groups in total. The highest BCUT2D eigenvalue weighted by Gasteiger charge is 2.15. The van der Waals surface area contributed by atoms with Crippen molar-refractivity contribution in [3.05, 3.63) is 23.8 Å². The van der Waals surface area contributed by atoms with Gasteiger partial charge in [0.05, 0.1) is 18.7 Å². The summed E-state index contributed by atoms with van der Waals surface area (Å²) < 4.78 is 11.0. The molecule has 2 rings (SSSR count). The van der Waals surface area contributed by atoms with Crippen molar-refractivity contribution in [1.29, 1.82) is 5.26 Å². The van der Waals surface area contributed by atoms with Crippen LogP contribution in [0.25, 0.3) is 0 Å². The predicted molar refractivity (Wildman–Crippen MR) is 64.2 cm³/mol. The van der Waals surface area contributed by atoms with Gasteiger partial charge in [0.15, 0.2) is 0 Å². The van der Waals surface area contributed by atoms with Gasteiger partial charge in [-0.25, -0.2) is 0 Å². The average Bonchev–Trinajstić information content (AvgIpc) is 2.39. The third-order valence-electron chi connectivity index (χ3n) is 2.80. The predicted octanol–water partition coefficient (Wildman–Crippen LogP) is 1.70. The quantitative estimate of drug-likeness (QED) is 0.861. The van der Waals surface area contributed by atoms with E-state index in [9.17, 15) is 0 Å². The van der Waals surface area contributed by atoms with E-state index in [1.165, 1.54) is 0 Å². The largest absolute Gasteiger partial charge is 0.497 e. The van der Waals surface area contributed by atoms with Crippen molar-refractivity contribution >= 4 is 0 Å². The minimum atomic E-state index is 0.183. The molecule has 4 heteroatoms. The lowest BCUT2D eigenvalue weighted by atomic mass is 10.1. The van der Waals surface area contributed by atoms with E-state index in [-0.39, 0.29) is 6.10 Å². The number of benzene rings is 1. The Morgan fingerprint density at radius 2 is 2.18 bits per heavy atom.